The highest BCUT2D eigenvalue weighted by Crippen LogP contribution is 2.23. The number of nitrogens with zero attached hydrogens (tertiary/aromatic N) is 3. The van der Waals surface area contributed by atoms with Gasteiger partial charge in [-0.15, -0.1) is 0 Å². The molecule has 0 radical (unpaired) electrons. The molecule has 2 aromatic rings. The Morgan fingerprint density at radius 2 is 1.83 bits per heavy atom. The van der Waals surface area contributed by atoms with Crippen molar-refractivity contribution in [3.63, 3.8) is 0 Å². The highest BCUT2D eigenvalue weighted by molar-refractivity contribution is 6.30. The Labute approximate surface area is 213 Å². The molecule has 4 N–H and O–H groups in total. The lowest BCUT2D eigenvalue weighted by Crippen LogP contribution is -2.47. The normalized spacial score (nSPS) is 13.9. The van der Waals surface area contributed by atoms with Crippen molar-refractivity contribution < 1.29 is 19.5 Å². The van der Waals surface area contributed by atoms with Gasteiger partial charge in [0.25, 0.3) is 5.91 Å². The number of hydrazine groups is 1. The largest absolute Gasteiger partial charge is 0.465 e. The second kappa shape index (κ2) is 11.6. The molecule has 1 aromatic heterocycles. The van der Waals surface area contributed by atoms with Crippen LogP contribution in [0.15, 0.2) is 29.3 Å². The van der Waals surface area contributed by atoms with Gasteiger partial charge in [-0.2, -0.15) is 5.10 Å². The highest BCUT2D eigenvalue weighted by Gasteiger charge is 2.27. The molecule has 0 fully saturated rings. The number of carboxylic acid groups (broad SMARTS) is 1. The number of halogens is 2. The fraction of sp³-hybridized carbons (Fsp3) is 0.391. The van der Waals surface area contributed by atoms with Crippen LogP contribution >= 0.6 is 23.2 Å². The fourth-order valence-corrected chi connectivity index (χ4v) is 4.26. The maximum absolute atomic E-state index is 13.1. The summed E-state index contributed by atoms with van der Waals surface area (Å²) in [5.41, 5.74) is 7.39. The number of aromatic nitrogens is 2. The van der Waals surface area contributed by atoms with Crippen LogP contribution in [-0.2, 0) is 36.3 Å². The van der Waals surface area contributed by atoms with Crippen molar-refractivity contribution in [2.24, 2.45) is 7.05 Å². The average molecular weight is 523 g/mol. The summed E-state index contributed by atoms with van der Waals surface area (Å²) in [6, 6.07) is 5.04. The van der Waals surface area contributed by atoms with Crippen LogP contribution in [-0.4, -0.2) is 44.3 Å². The topological polar surface area (TPSA) is 129 Å². The predicted octanol–water partition coefficient (Wildman–Crippen LogP) is 3.06. The average Bonchev–Trinajstić information content (AvgIpc) is 3.04. The molecule has 3 rings (SSSR count). The lowest BCUT2D eigenvalue weighted by atomic mass is 9.98. The summed E-state index contributed by atoms with van der Waals surface area (Å²) >= 11 is 12.4. The molecule has 2 heterocycles. The molecule has 0 saturated carbocycles. The smallest absolute Gasteiger partial charge is 0.404 e. The third kappa shape index (κ3) is 6.74. The Morgan fingerprint density at radius 1 is 1.11 bits per heavy atom. The Kier molecular flexibility index (Phi) is 8.76. The van der Waals surface area contributed by atoms with E-state index in [2.05, 4.69) is 21.2 Å². The molecular weight excluding hydrogens is 495 g/mol. The van der Waals surface area contributed by atoms with Crippen molar-refractivity contribution in [2.45, 2.75) is 46.3 Å². The van der Waals surface area contributed by atoms with Gasteiger partial charge in [-0.25, -0.2) is 10.2 Å². The summed E-state index contributed by atoms with van der Waals surface area (Å²) in [5, 5.41) is 20.7. The molecular formula is C23H28Cl2N6O4. The van der Waals surface area contributed by atoms with Crippen molar-refractivity contribution in [2.75, 3.05) is 6.54 Å². The van der Waals surface area contributed by atoms with Gasteiger partial charge in [-0.1, -0.05) is 34.8 Å². The Morgan fingerprint density at radius 3 is 2.49 bits per heavy atom. The number of hydrogen-bond donors (Lipinski definition) is 4. The molecule has 1 aliphatic heterocycles. The molecule has 0 bridgehead atoms. The maximum Gasteiger partial charge on any atom is 0.404 e. The van der Waals surface area contributed by atoms with Crippen molar-refractivity contribution in [3.05, 3.63) is 61.9 Å². The molecule has 12 heteroatoms. The molecule has 0 aliphatic carbocycles. The van der Waals surface area contributed by atoms with E-state index >= 15 is 0 Å². The second-order valence-electron chi connectivity index (χ2n) is 8.30. The SMILES string of the molecule is CC1=C(CC(=O)NCc2cc(Cl)ccc2CNC(=O)O)C(=O)N(NCc2c(C)nn(C)c2Cl)CC1. The number of carbonyl (C=O) groups is 3. The third-order valence-corrected chi connectivity index (χ3v) is 6.57. The molecule has 1 aliphatic rings. The minimum atomic E-state index is -1.15. The summed E-state index contributed by atoms with van der Waals surface area (Å²) in [4.78, 5) is 36.6. The highest BCUT2D eigenvalue weighted by atomic mass is 35.5. The van der Waals surface area contributed by atoms with Crippen molar-refractivity contribution in [1.82, 2.24) is 30.8 Å². The van der Waals surface area contributed by atoms with E-state index < -0.39 is 6.09 Å². The summed E-state index contributed by atoms with van der Waals surface area (Å²) in [5.74, 6) is -0.575. The molecule has 1 aromatic carbocycles. The first kappa shape index (κ1) is 26.5. The van der Waals surface area contributed by atoms with Crippen LogP contribution in [0.3, 0.4) is 0 Å². The Bertz CT molecular complexity index is 1180. The van der Waals surface area contributed by atoms with Gasteiger partial charge in [-0.05, 0) is 43.5 Å². The van der Waals surface area contributed by atoms with Gasteiger partial charge in [0.2, 0.25) is 5.91 Å². The van der Waals surface area contributed by atoms with Gasteiger partial charge in [0.1, 0.15) is 5.15 Å². The lowest BCUT2D eigenvalue weighted by molar-refractivity contribution is -0.132. The van der Waals surface area contributed by atoms with Crippen LogP contribution in [0.1, 0.15) is 42.1 Å². The van der Waals surface area contributed by atoms with Gasteiger partial charge in [-0.3, -0.25) is 19.3 Å². The lowest BCUT2D eigenvalue weighted by Gasteiger charge is -2.30. The van der Waals surface area contributed by atoms with E-state index in [9.17, 15) is 14.4 Å². The molecule has 0 spiro atoms. The standard InChI is InChI=1S/C23H28Cl2N6O4/c1-13-6-7-31(28-12-19-14(2)29-30(3)21(19)25)22(33)18(13)9-20(32)26-11-16-8-17(24)5-4-15(16)10-27-23(34)35/h4-5,8,27-28H,6-7,9-12H2,1-3H3,(H,26,32)(H,34,35). The van der Waals surface area contributed by atoms with E-state index in [0.717, 1.165) is 16.8 Å². The van der Waals surface area contributed by atoms with E-state index in [-0.39, 0.29) is 31.3 Å². The first-order valence-corrected chi connectivity index (χ1v) is 11.7. The van der Waals surface area contributed by atoms with Gasteiger partial charge in [0.15, 0.2) is 0 Å². The van der Waals surface area contributed by atoms with Gasteiger partial charge in [0, 0.05) is 49.4 Å². The van der Waals surface area contributed by atoms with E-state index in [4.69, 9.17) is 28.3 Å². The maximum atomic E-state index is 13.1. The van der Waals surface area contributed by atoms with Crippen LogP contribution < -0.4 is 16.1 Å². The van der Waals surface area contributed by atoms with Gasteiger partial charge in [0.05, 0.1) is 12.1 Å². The molecule has 0 unspecified atom stereocenters. The minimum Gasteiger partial charge on any atom is -0.465 e. The molecule has 35 heavy (non-hydrogen) atoms. The minimum absolute atomic E-state index is 0.0706. The van der Waals surface area contributed by atoms with Crippen LogP contribution in [0, 0.1) is 6.92 Å². The van der Waals surface area contributed by atoms with E-state index in [0.29, 0.717) is 46.4 Å². The van der Waals surface area contributed by atoms with Crippen molar-refractivity contribution in [3.8, 4) is 0 Å². The molecule has 188 valence electrons. The zero-order valence-corrected chi connectivity index (χ0v) is 21.3. The monoisotopic (exact) mass is 522 g/mol. The Balaban J connectivity index is 1.61. The number of carbonyl (C=O) groups excluding carboxylic acids is 2. The number of nitrogens with one attached hydrogen (secondary N) is 3. The number of rotatable bonds is 9. The summed E-state index contributed by atoms with van der Waals surface area (Å²) in [6.45, 7) is 4.76. The van der Waals surface area contributed by atoms with Crippen LogP contribution in [0.4, 0.5) is 4.79 Å². The first-order chi connectivity index (χ1) is 16.6. The molecule has 3 amide bonds. The fourth-order valence-electron chi connectivity index (χ4n) is 3.82. The summed E-state index contributed by atoms with van der Waals surface area (Å²) in [6.07, 6.45) is -0.577. The molecule has 0 saturated heterocycles. The third-order valence-electron chi connectivity index (χ3n) is 5.86. The molecule has 0 atom stereocenters. The first-order valence-electron chi connectivity index (χ1n) is 11.0. The van der Waals surface area contributed by atoms with Gasteiger partial charge < -0.3 is 15.7 Å². The zero-order valence-electron chi connectivity index (χ0n) is 19.7. The number of hydrogen-bond acceptors (Lipinski definition) is 5. The number of amides is 3. The number of aryl methyl sites for hydroxylation is 2. The summed E-state index contributed by atoms with van der Waals surface area (Å²) in [7, 11) is 1.75. The molecule has 10 nitrogen and oxygen atoms in total. The van der Waals surface area contributed by atoms with E-state index in [1.165, 1.54) is 5.01 Å². The predicted molar refractivity (Wildman–Crippen MR) is 132 cm³/mol. The van der Waals surface area contributed by atoms with Crippen molar-refractivity contribution in [1.29, 1.82) is 0 Å². The number of benzene rings is 1. The van der Waals surface area contributed by atoms with Crippen molar-refractivity contribution >= 4 is 41.1 Å². The van der Waals surface area contributed by atoms with E-state index in [1.54, 1.807) is 29.9 Å². The van der Waals surface area contributed by atoms with Crippen LogP contribution in [0.25, 0.3) is 0 Å². The quantitative estimate of drug-likeness (QED) is 0.400. The van der Waals surface area contributed by atoms with Crippen LogP contribution in [0.2, 0.25) is 10.2 Å². The van der Waals surface area contributed by atoms with Crippen LogP contribution in [0.5, 0.6) is 0 Å². The second-order valence-corrected chi connectivity index (χ2v) is 9.10. The summed E-state index contributed by atoms with van der Waals surface area (Å²) < 4.78 is 1.58. The van der Waals surface area contributed by atoms with Gasteiger partial charge >= 0.3 is 6.09 Å². The van der Waals surface area contributed by atoms with E-state index in [1.807, 2.05) is 13.8 Å². The zero-order chi connectivity index (χ0) is 25.7. The Hall–Kier alpha value is -3.08.